The van der Waals surface area contributed by atoms with E-state index in [0.29, 0.717) is 13.2 Å². The number of rotatable bonds is 4. The average molecular weight is 331 g/mol. The Morgan fingerprint density at radius 3 is 2.64 bits per heavy atom. The molecule has 2 atom stereocenters. The molecule has 3 nitrogen and oxygen atoms in total. The Hall–Kier alpha value is -2.49. The fourth-order valence-electron chi connectivity index (χ4n) is 3.15. The minimum Gasteiger partial charge on any atom is -0.348 e. The second-order valence-corrected chi connectivity index (χ2v) is 6.20. The summed E-state index contributed by atoms with van der Waals surface area (Å²) in [6.45, 7) is 1.35. The van der Waals surface area contributed by atoms with Gasteiger partial charge in [0.15, 0.2) is 6.29 Å². The second-order valence-electron chi connectivity index (χ2n) is 6.20. The number of ether oxygens (including phenoxy) is 2. The van der Waals surface area contributed by atoms with E-state index in [0.717, 1.165) is 12.0 Å². The number of nitrogens with zero attached hydrogens (tertiary/aromatic N) is 1. The molecule has 4 rings (SSSR count). The van der Waals surface area contributed by atoms with E-state index in [4.69, 9.17) is 9.47 Å². The summed E-state index contributed by atoms with van der Waals surface area (Å²) in [5.41, 5.74) is 2.29. The lowest BCUT2D eigenvalue weighted by molar-refractivity contribution is -0.198. The van der Waals surface area contributed by atoms with E-state index in [1.54, 1.807) is 0 Å². The summed E-state index contributed by atoms with van der Waals surface area (Å²) in [5.74, 6) is 0. The molecule has 0 amide bonds. The lowest BCUT2D eigenvalue weighted by atomic mass is 10.0. The molecular formula is C22H21NO2. The van der Waals surface area contributed by atoms with E-state index in [1.165, 1.54) is 16.3 Å². The van der Waals surface area contributed by atoms with Gasteiger partial charge in [0.25, 0.3) is 0 Å². The molecule has 1 aliphatic heterocycles. The van der Waals surface area contributed by atoms with Crippen molar-refractivity contribution in [3.63, 3.8) is 0 Å². The monoisotopic (exact) mass is 331 g/mol. The van der Waals surface area contributed by atoms with E-state index in [9.17, 15) is 0 Å². The third-order valence-electron chi connectivity index (χ3n) is 4.45. The summed E-state index contributed by atoms with van der Waals surface area (Å²) in [6.07, 6.45) is 2.46. The van der Waals surface area contributed by atoms with Crippen LogP contribution in [0.2, 0.25) is 0 Å². The van der Waals surface area contributed by atoms with Crippen LogP contribution in [0.25, 0.3) is 10.8 Å². The van der Waals surface area contributed by atoms with Gasteiger partial charge in [-0.2, -0.15) is 0 Å². The first-order chi connectivity index (χ1) is 12.4. The van der Waals surface area contributed by atoms with Gasteiger partial charge in [0.1, 0.15) is 0 Å². The number of hydrogen-bond donors (Lipinski definition) is 0. The van der Waals surface area contributed by atoms with Crippen LogP contribution in [0.1, 0.15) is 23.8 Å². The zero-order chi connectivity index (χ0) is 16.9. The Bertz CT molecular complexity index is 855. The normalized spacial score (nSPS) is 21.0. The molecule has 2 unspecified atom stereocenters. The predicted molar refractivity (Wildman–Crippen MR) is 101 cm³/mol. The highest BCUT2D eigenvalue weighted by molar-refractivity contribution is 5.85. The SMILES string of the molecule is C(=NCc1cccc2ccccc12)C1CCOC(c2ccccc2)O1. The predicted octanol–water partition coefficient (Wildman–Crippen LogP) is 4.91. The Kier molecular flexibility index (Phi) is 4.86. The first kappa shape index (κ1) is 16.0. The largest absolute Gasteiger partial charge is 0.348 e. The highest BCUT2D eigenvalue weighted by Crippen LogP contribution is 2.25. The van der Waals surface area contributed by atoms with Gasteiger partial charge >= 0.3 is 0 Å². The molecule has 3 aromatic carbocycles. The van der Waals surface area contributed by atoms with Crippen LogP contribution in [0, 0.1) is 0 Å². The van der Waals surface area contributed by atoms with Gasteiger partial charge in [-0.25, -0.2) is 0 Å². The van der Waals surface area contributed by atoms with Crippen molar-refractivity contribution in [2.75, 3.05) is 6.61 Å². The van der Waals surface area contributed by atoms with Crippen LogP contribution in [0.4, 0.5) is 0 Å². The van der Waals surface area contributed by atoms with Crippen molar-refractivity contribution in [1.82, 2.24) is 0 Å². The molecular weight excluding hydrogens is 310 g/mol. The minimum atomic E-state index is -0.302. The molecule has 3 aromatic rings. The van der Waals surface area contributed by atoms with Crippen LogP contribution in [0.15, 0.2) is 77.8 Å². The summed E-state index contributed by atoms with van der Waals surface area (Å²) < 4.78 is 11.8. The number of fused-ring (bicyclic) bond motifs is 1. The summed E-state index contributed by atoms with van der Waals surface area (Å²) >= 11 is 0. The van der Waals surface area contributed by atoms with Gasteiger partial charge in [-0.3, -0.25) is 4.99 Å². The average Bonchev–Trinajstić information content (AvgIpc) is 2.69. The molecule has 0 bridgehead atoms. The third kappa shape index (κ3) is 3.78. The van der Waals surface area contributed by atoms with Gasteiger partial charge in [-0.05, 0) is 16.3 Å². The molecule has 0 aromatic heterocycles. The van der Waals surface area contributed by atoms with Crippen molar-refractivity contribution in [3.8, 4) is 0 Å². The van der Waals surface area contributed by atoms with Gasteiger partial charge in [-0.15, -0.1) is 0 Å². The van der Waals surface area contributed by atoms with E-state index >= 15 is 0 Å². The van der Waals surface area contributed by atoms with E-state index in [1.807, 2.05) is 36.5 Å². The highest BCUT2D eigenvalue weighted by atomic mass is 16.7. The molecule has 1 fully saturated rings. The molecule has 0 spiro atoms. The van der Waals surface area contributed by atoms with Gasteiger partial charge < -0.3 is 9.47 Å². The Labute approximate surface area is 147 Å². The maximum atomic E-state index is 6.03. The topological polar surface area (TPSA) is 30.8 Å². The van der Waals surface area contributed by atoms with Crippen molar-refractivity contribution in [2.24, 2.45) is 4.99 Å². The first-order valence-corrected chi connectivity index (χ1v) is 8.69. The summed E-state index contributed by atoms with van der Waals surface area (Å²) in [7, 11) is 0. The summed E-state index contributed by atoms with van der Waals surface area (Å²) in [6, 6.07) is 24.8. The first-order valence-electron chi connectivity index (χ1n) is 8.69. The smallest absolute Gasteiger partial charge is 0.184 e. The number of benzene rings is 3. The fraction of sp³-hybridized carbons (Fsp3) is 0.227. The fourth-order valence-corrected chi connectivity index (χ4v) is 3.15. The molecule has 0 N–H and O–H groups in total. The summed E-state index contributed by atoms with van der Waals surface area (Å²) in [4.78, 5) is 4.64. The van der Waals surface area contributed by atoms with Crippen LogP contribution in [-0.2, 0) is 16.0 Å². The van der Waals surface area contributed by atoms with Crippen LogP contribution >= 0.6 is 0 Å². The molecule has 126 valence electrons. The van der Waals surface area contributed by atoms with Crippen molar-refractivity contribution in [1.29, 1.82) is 0 Å². The van der Waals surface area contributed by atoms with E-state index in [-0.39, 0.29) is 12.4 Å². The molecule has 1 saturated heterocycles. The lowest BCUT2D eigenvalue weighted by Gasteiger charge is -2.28. The van der Waals surface area contributed by atoms with Crippen LogP contribution in [0.3, 0.4) is 0 Å². The molecule has 0 radical (unpaired) electrons. The van der Waals surface area contributed by atoms with Gasteiger partial charge in [0, 0.05) is 18.2 Å². The van der Waals surface area contributed by atoms with Gasteiger partial charge in [0.05, 0.1) is 19.3 Å². The van der Waals surface area contributed by atoms with Crippen molar-refractivity contribution < 1.29 is 9.47 Å². The van der Waals surface area contributed by atoms with Crippen LogP contribution in [-0.4, -0.2) is 18.9 Å². The van der Waals surface area contributed by atoms with Crippen LogP contribution in [0.5, 0.6) is 0 Å². The maximum absolute atomic E-state index is 6.03. The Balaban J connectivity index is 1.43. The van der Waals surface area contributed by atoms with Gasteiger partial charge in [0.2, 0.25) is 0 Å². The highest BCUT2D eigenvalue weighted by Gasteiger charge is 2.22. The second kappa shape index (κ2) is 7.60. The van der Waals surface area contributed by atoms with Crippen LogP contribution < -0.4 is 0 Å². The lowest BCUT2D eigenvalue weighted by Crippen LogP contribution is -2.28. The number of aliphatic imine (C=N–C) groups is 1. The zero-order valence-corrected chi connectivity index (χ0v) is 14.0. The molecule has 25 heavy (non-hydrogen) atoms. The standard InChI is InChI=1S/C22H21NO2/c1-2-8-18(9-3-1)22-24-14-13-20(25-22)16-23-15-19-11-6-10-17-7-4-5-12-21(17)19/h1-12,16,20,22H,13-15H2. The van der Waals surface area contributed by atoms with Crippen molar-refractivity contribution in [2.45, 2.75) is 25.4 Å². The third-order valence-corrected chi connectivity index (χ3v) is 4.45. The van der Waals surface area contributed by atoms with Crippen molar-refractivity contribution in [3.05, 3.63) is 83.9 Å². The van der Waals surface area contributed by atoms with E-state index < -0.39 is 0 Å². The molecule has 0 saturated carbocycles. The molecule has 0 aliphatic carbocycles. The Morgan fingerprint density at radius 1 is 0.920 bits per heavy atom. The molecule has 1 aliphatic rings. The van der Waals surface area contributed by atoms with E-state index in [2.05, 4.69) is 47.5 Å². The minimum absolute atomic E-state index is 0.00562. The summed E-state index contributed by atoms with van der Waals surface area (Å²) in [5, 5.41) is 2.51. The van der Waals surface area contributed by atoms with Crippen molar-refractivity contribution >= 4 is 17.0 Å². The quantitative estimate of drug-likeness (QED) is 0.636. The zero-order valence-electron chi connectivity index (χ0n) is 14.0. The molecule has 1 heterocycles. The number of hydrogen-bond acceptors (Lipinski definition) is 3. The maximum Gasteiger partial charge on any atom is 0.184 e. The van der Waals surface area contributed by atoms with Gasteiger partial charge in [-0.1, -0.05) is 72.8 Å². The Morgan fingerprint density at radius 2 is 1.72 bits per heavy atom. The molecule has 3 heteroatoms.